The average molecular weight is 220 g/mol. The highest BCUT2D eigenvalue weighted by atomic mass is 16.5. The quantitative estimate of drug-likeness (QED) is 0.604. The molecular formula is C13H16O3. The minimum atomic E-state index is -1.44. The van der Waals surface area contributed by atoms with Crippen LogP contribution in [-0.4, -0.2) is 16.8 Å². The molecule has 0 unspecified atom stereocenters. The van der Waals surface area contributed by atoms with Gasteiger partial charge in [-0.05, 0) is 37.5 Å². The molecule has 3 nitrogen and oxygen atoms in total. The third kappa shape index (κ3) is 2.84. The van der Waals surface area contributed by atoms with Gasteiger partial charge >= 0.3 is 0 Å². The smallest absolute Gasteiger partial charge is 0.178 e. The summed E-state index contributed by atoms with van der Waals surface area (Å²) >= 11 is 0. The molecule has 1 aromatic rings. The Morgan fingerprint density at radius 1 is 1.31 bits per heavy atom. The summed E-state index contributed by atoms with van der Waals surface area (Å²) in [7, 11) is 0. The first-order valence-corrected chi connectivity index (χ1v) is 5.52. The minimum Gasteiger partial charge on any atom is -0.490 e. The Hall–Kier alpha value is -1.32. The molecule has 0 bridgehead atoms. The molecule has 1 aromatic carbocycles. The second-order valence-electron chi connectivity index (χ2n) is 3.97. The molecule has 2 N–H and O–H groups in total. The van der Waals surface area contributed by atoms with E-state index in [0.717, 1.165) is 0 Å². The van der Waals surface area contributed by atoms with Crippen LogP contribution in [0.3, 0.4) is 0 Å². The zero-order chi connectivity index (χ0) is 11.4. The SMILES string of the molecule is OC(O)c1cccc(OCC=C2CCC2)c1. The van der Waals surface area contributed by atoms with E-state index in [2.05, 4.69) is 6.08 Å². The van der Waals surface area contributed by atoms with E-state index < -0.39 is 6.29 Å². The topological polar surface area (TPSA) is 49.7 Å². The highest BCUT2D eigenvalue weighted by molar-refractivity contribution is 5.29. The van der Waals surface area contributed by atoms with Crippen LogP contribution in [0.15, 0.2) is 35.9 Å². The summed E-state index contributed by atoms with van der Waals surface area (Å²) < 4.78 is 5.50. The van der Waals surface area contributed by atoms with Crippen LogP contribution in [0.1, 0.15) is 31.1 Å². The zero-order valence-electron chi connectivity index (χ0n) is 9.10. The summed E-state index contributed by atoms with van der Waals surface area (Å²) in [5.41, 5.74) is 1.91. The van der Waals surface area contributed by atoms with E-state index in [1.165, 1.54) is 24.8 Å². The van der Waals surface area contributed by atoms with Crippen LogP contribution in [0.2, 0.25) is 0 Å². The molecule has 3 heteroatoms. The van der Waals surface area contributed by atoms with Crippen molar-refractivity contribution in [3.8, 4) is 5.75 Å². The van der Waals surface area contributed by atoms with Gasteiger partial charge in [-0.25, -0.2) is 0 Å². The molecule has 16 heavy (non-hydrogen) atoms. The zero-order valence-corrected chi connectivity index (χ0v) is 9.10. The number of allylic oxidation sites excluding steroid dienone is 1. The molecule has 1 aliphatic carbocycles. The molecule has 0 radical (unpaired) electrons. The monoisotopic (exact) mass is 220 g/mol. The normalized spacial score (nSPS) is 14.8. The van der Waals surface area contributed by atoms with Crippen LogP contribution in [-0.2, 0) is 0 Å². The van der Waals surface area contributed by atoms with Crippen LogP contribution >= 0.6 is 0 Å². The maximum atomic E-state index is 9.00. The molecule has 1 aliphatic rings. The third-order valence-corrected chi connectivity index (χ3v) is 2.77. The van der Waals surface area contributed by atoms with Gasteiger partial charge in [0.15, 0.2) is 6.29 Å². The summed E-state index contributed by atoms with van der Waals surface area (Å²) in [4.78, 5) is 0. The van der Waals surface area contributed by atoms with Crippen molar-refractivity contribution in [1.82, 2.24) is 0 Å². The number of ether oxygens (including phenoxy) is 1. The molecule has 2 rings (SSSR count). The molecule has 1 saturated carbocycles. The Kier molecular flexibility index (Phi) is 3.59. The molecule has 0 heterocycles. The fourth-order valence-electron chi connectivity index (χ4n) is 1.61. The molecular weight excluding hydrogens is 204 g/mol. The van der Waals surface area contributed by atoms with Crippen molar-refractivity contribution in [2.45, 2.75) is 25.6 Å². The highest BCUT2D eigenvalue weighted by Crippen LogP contribution is 2.25. The summed E-state index contributed by atoms with van der Waals surface area (Å²) in [6.45, 7) is 0.556. The maximum Gasteiger partial charge on any atom is 0.178 e. The van der Waals surface area contributed by atoms with Crippen molar-refractivity contribution in [2.24, 2.45) is 0 Å². The second-order valence-corrected chi connectivity index (χ2v) is 3.97. The fraction of sp³-hybridized carbons (Fsp3) is 0.385. The van der Waals surface area contributed by atoms with Gasteiger partial charge in [-0.1, -0.05) is 17.7 Å². The Morgan fingerprint density at radius 2 is 2.12 bits per heavy atom. The van der Waals surface area contributed by atoms with Crippen LogP contribution in [0, 0.1) is 0 Å². The van der Waals surface area contributed by atoms with Crippen molar-refractivity contribution in [3.05, 3.63) is 41.5 Å². The van der Waals surface area contributed by atoms with E-state index in [-0.39, 0.29) is 0 Å². The third-order valence-electron chi connectivity index (χ3n) is 2.77. The fourth-order valence-corrected chi connectivity index (χ4v) is 1.61. The maximum absolute atomic E-state index is 9.00. The van der Waals surface area contributed by atoms with E-state index >= 15 is 0 Å². The van der Waals surface area contributed by atoms with Crippen molar-refractivity contribution in [1.29, 1.82) is 0 Å². The Bertz CT molecular complexity index is 377. The van der Waals surface area contributed by atoms with Gasteiger partial charge in [-0.2, -0.15) is 0 Å². The Balaban J connectivity index is 1.90. The van der Waals surface area contributed by atoms with E-state index in [9.17, 15) is 0 Å². The van der Waals surface area contributed by atoms with Crippen molar-refractivity contribution >= 4 is 0 Å². The average Bonchev–Trinajstić information content (AvgIpc) is 2.22. The van der Waals surface area contributed by atoms with Crippen LogP contribution in [0.4, 0.5) is 0 Å². The lowest BCUT2D eigenvalue weighted by Gasteiger charge is -2.16. The molecule has 0 aliphatic heterocycles. The van der Waals surface area contributed by atoms with Gasteiger partial charge in [0.05, 0.1) is 0 Å². The second kappa shape index (κ2) is 5.14. The predicted octanol–water partition coefficient (Wildman–Crippen LogP) is 2.16. The Labute approximate surface area is 95.0 Å². The standard InChI is InChI=1S/C13H16O3/c14-13(15)11-5-2-6-12(9-11)16-8-7-10-3-1-4-10/h2,5-7,9,13-15H,1,3-4,8H2. The van der Waals surface area contributed by atoms with E-state index in [4.69, 9.17) is 14.9 Å². The van der Waals surface area contributed by atoms with Gasteiger partial charge in [0.2, 0.25) is 0 Å². The molecule has 86 valence electrons. The highest BCUT2D eigenvalue weighted by Gasteiger charge is 2.07. The van der Waals surface area contributed by atoms with Gasteiger partial charge in [0.25, 0.3) is 0 Å². The molecule has 0 atom stereocenters. The molecule has 0 amide bonds. The van der Waals surface area contributed by atoms with Gasteiger partial charge in [-0.15, -0.1) is 0 Å². The number of aliphatic hydroxyl groups excluding tert-OH is 1. The number of benzene rings is 1. The van der Waals surface area contributed by atoms with Crippen LogP contribution < -0.4 is 4.74 Å². The first-order valence-electron chi connectivity index (χ1n) is 5.52. The summed E-state index contributed by atoms with van der Waals surface area (Å²) in [6.07, 6.45) is 4.34. The van der Waals surface area contributed by atoms with Gasteiger partial charge < -0.3 is 14.9 Å². The lowest BCUT2D eigenvalue weighted by molar-refractivity contribution is -0.0426. The first kappa shape index (κ1) is 11.2. The molecule has 1 fully saturated rings. The predicted molar refractivity (Wildman–Crippen MR) is 61.0 cm³/mol. The van der Waals surface area contributed by atoms with Crippen molar-refractivity contribution in [3.63, 3.8) is 0 Å². The number of hydrogen-bond donors (Lipinski definition) is 2. The minimum absolute atomic E-state index is 0.453. The van der Waals surface area contributed by atoms with Crippen molar-refractivity contribution in [2.75, 3.05) is 6.61 Å². The summed E-state index contributed by atoms with van der Waals surface area (Å²) in [6, 6.07) is 6.86. The van der Waals surface area contributed by atoms with Gasteiger partial charge in [0.1, 0.15) is 12.4 Å². The number of aliphatic hydroxyl groups is 2. The lowest BCUT2D eigenvalue weighted by Crippen LogP contribution is -2.02. The van der Waals surface area contributed by atoms with Gasteiger partial charge in [-0.3, -0.25) is 0 Å². The van der Waals surface area contributed by atoms with Crippen LogP contribution in [0.25, 0.3) is 0 Å². The molecule has 0 saturated heterocycles. The number of rotatable bonds is 4. The first-order chi connectivity index (χ1) is 7.75. The van der Waals surface area contributed by atoms with E-state index in [1.807, 2.05) is 6.07 Å². The van der Waals surface area contributed by atoms with E-state index in [0.29, 0.717) is 17.9 Å². The largest absolute Gasteiger partial charge is 0.490 e. The molecule has 0 spiro atoms. The van der Waals surface area contributed by atoms with Crippen molar-refractivity contribution < 1.29 is 14.9 Å². The Morgan fingerprint density at radius 3 is 2.75 bits per heavy atom. The van der Waals surface area contributed by atoms with Gasteiger partial charge in [0, 0.05) is 5.56 Å². The summed E-state index contributed by atoms with van der Waals surface area (Å²) in [5, 5.41) is 18.0. The number of hydrogen-bond acceptors (Lipinski definition) is 3. The lowest BCUT2D eigenvalue weighted by atomic mass is 9.92. The summed E-state index contributed by atoms with van der Waals surface area (Å²) in [5.74, 6) is 0.668. The van der Waals surface area contributed by atoms with E-state index in [1.54, 1.807) is 18.2 Å². The van der Waals surface area contributed by atoms with Crippen LogP contribution in [0.5, 0.6) is 5.75 Å². The molecule has 0 aromatic heterocycles.